The van der Waals surface area contributed by atoms with E-state index in [-0.39, 0.29) is 36.6 Å². The van der Waals surface area contributed by atoms with Crippen molar-refractivity contribution in [2.45, 2.75) is 38.9 Å². The molecule has 4 heteroatoms. The van der Waals surface area contributed by atoms with E-state index in [1.54, 1.807) is 0 Å². The van der Waals surface area contributed by atoms with Crippen LogP contribution < -0.4 is 0 Å². The second-order valence-electron chi connectivity index (χ2n) is 4.89. The van der Waals surface area contributed by atoms with E-state index in [4.69, 9.17) is 9.84 Å². The molecule has 4 nitrogen and oxygen atoms in total. The highest BCUT2D eigenvalue weighted by molar-refractivity contribution is 6.02. The quantitative estimate of drug-likeness (QED) is 0.788. The molecule has 17 heavy (non-hydrogen) atoms. The second-order valence-corrected chi connectivity index (χ2v) is 4.89. The standard InChI is InChI=1S/C13H19NO3/c1-8-3-4-9(2)14-13(16)12(8)11-6-5-10(7-15)17-11/h3-4,8,10-12,15H,5-7H2,1-2H3/t8?,10-,11+,12?/m0/s1. The predicted octanol–water partition coefficient (Wildman–Crippen LogP) is 1.34. The monoisotopic (exact) mass is 237 g/mol. The van der Waals surface area contributed by atoms with E-state index >= 15 is 0 Å². The number of aliphatic hydroxyl groups is 1. The van der Waals surface area contributed by atoms with Crippen LogP contribution in [-0.2, 0) is 9.53 Å². The van der Waals surface area contributed by atoms with Crippen molar-refractivity contribution in [2.24, 2.45) is 16.8 Å². The predicted molar refractivity (Wildman–Crippen MR) is 64.9 cm³/mol. The van der Waals surface area contributed by atoms with Gasteiger partial charge in [-0.25, -0.2) is 4.99 Å². The Morgan fingerprint density at radius 2 is 2.29 bits per heavy atom. The van der Waals surface area contributed by atoms with E-state index in [2.05, 4.69) is 4.99 Å². The van der Waals surface area contributed by atoms with Crippen molar-refractivity contribution >= 4 is 11.6 Å². The number of nitrogens with zero attached hydrogens (tertiary/aromatic N) is 1. The topological polar surface area (TPSA) is 58.9 Å². The fourth-order valence-electron chi connectivity index (χ4n) is 2.55. The maximum atomic E-state index is 12.0. The summed E-state index contributed by atoms with van der Waals surface area (Å²) in [5.74, 6) is -0.171. The maximum absolute atomic E-state index is 12.0. The lowest BCUT2D eigenvalue weighted by Gasteiger charge is -2.23. The van der Waals surface area contributed by atoms with E-state index in [1.165, 1.54) is 0 Å². The van der Waals surface area contributed by atoms with Gasteiger partial charge < -0.3 is 9.84 Å². The molecule has 2 unspecified atom stereocenters. The Balaban J connectivity index is 2.14. The lowest BCUT2D eigenvalue weighted by Crippen LogP contribution is -2.32. The third kappa shape index (κ3) is 2.64. The Hall–Kier alpha value is -1.00. The van der Waals surface area contributed by atoms with Crippen LogP contribution in [0.2, 0.25) is 0 Å². The van der Waals surface area contributed by atoms with Gasteiger partial charge >= 0.3 is 0 Å². The molecule has 2 aliphatic heterocycles. The van der Waals surface area contributed by atoms with Crippen LogP contribution >= 0.6 is 0 Å². The summed E-state index contributed by atoms with van der Waals surface area (Å²) < 4.78 is 5.71. The Morgan fingerprint density at radius 1 is 1.53 bits per heavy atom. The van der Waals surface area contributed by atoms with Gasteiger partial charge in [0.2, 0.25) is 0 Å². The molecule has 1 amide bonds. The van der Waals surface area contributed by atoms with Crippen molar-refractivity contribution in [3.05, 3.63) is 12.2 Å². The van der Waals surface area contributed by atoms with E-state index < -0.39 is 0 Å². The van der Waals surface area contributed by atoms with Gasteiger partial charge in [-0.1, -0.05) is 13.0 Å². The first-order chi connectivity index (χ1) is 8.11. The SMILES string of the molecule is CC1=NC(=O)C([C@H]2CC[C@@H](CO)O2)C(C)C=C1. The summed E-state index contributed by atoms with van der Waals surface area (Å²) in [6, 6.07) is 0. The molecule has 0 aromatic rings. The third-order valence-electron chi connectivity index (χ3n) is 3.52. The van der Waals surface area contributed by atoms with Gasteiger partial charge in [0.15, 0.2) is 0 Å². The van der Waals surface area contributed by atoms with Gasteiger partial charge in [0.25, 0.3) is 5.91 Å². The Labute approximate surface area is 101 Å². The van der Waals surface area contributed by atoms with Crippen molar-refractivity contribution in [3.8, 4) is 0 Å². The van der Waals surface area contributed by atoms with Gasteiger partial charge in [-0.15, -0.1) is 0 Å². The number of aliphatic hydroxyl groups excluding tert-OH is 1. The van der Waals surface area contributed by atoms with Crippen molar-refractivity contribution < 1.29 is 14.6 Å². The summed E-state index contributed by atoms with van der Waals surface area (Å²) in [7, 11) is 0. The van der Waals surface area contributed by atoms with E-state index in [1.807, 2.05) is 26.0 Å². The highest BCUT2D eigenvalue weighted by Crippen LogP contribution is 2.32. The summed E-state index contributed by atoms with van der Waals surface area (Å²) in [6.45, 7) is 3.88. The number of aliphatic imine (C=N–C) groups is 1. The molecular formula is C13H19NO3. The minimum Gasteiger partial charge on any atom is -0.394 e. The molecule has 1 fully saturated rings. The first-order valence-electron chi connectivity index (χ1n) is 6.15. The number of ether oxygens (including phenoxy) is 1. The average molecular weight is 237 g/mol. The van der Waals surface area contributed by atoms with Crippen LogP contribution in [0.1, 0.15) is 26.7 Å². The molecule has 0 spiro atoms. The fraction of sp³-hybridized carbons (Fsp3) is 0.692. The molecule has 0 saturated carbocycles. The highest BCUT2D eigenvalue weighted by atomic mass is 16.5. The van der Waals surface area contributed by atoms with Gasteiger partial charge in [-0.2, -0.15) is 0 Å². The number of carbonyl (C=O) groups excluding carboxylic acids is 1. The molecule has 2 aliphatic rings. The summed E-state index contributed by atoms with van der Waals surface area (Å²) in [5.41, 5.74) is 0.751. The van der Waals surface area contributed by atoms with Crippen LogP contribution in [0.3, 0.4) is 0 Å². The first-order valence-corrected chi connectivity index (χ1v) is 6.15. The number of rotatable bonds is 2. The van der Waals surface area contributed by atoms with Crippen LogP contribution in [0.4, 0.5) is 0 Å². The van der Waals surface area contributed by atoms with Crippen LogP contribution in [0.5, 0.6) is 0 Å². The fourth-order valence-corrected chi connectivity index (χ4v) is 2.55. The number of amides is 1. The molecule has 2 heterocycles. The summed E-state index contributed by atoms with van der Waals surface area (Å²) in [4.78, 5) is 16.1. The number of allylic oxidation sites excluding steroid dienone is 2. The van der Waals surface area contributed by atoms with Crippen LogP contribution in [0.25, 0.3) is 0 Å². The van der Waals surface area contributed by atoms with Crippen LogP contribution in [0, 0.1) is 11.8 Å². The zero-order valence-corrected chi connectivity index (χ0v) is 10.3. The minimum atomic E-state index is -0.208. The number of hydrogen-bond donors (Lipinski definition) is 1. The van der Waals surface area contributed by atoms with Gasteiger partial charge in [-0.3, -0.25) is 4.79 Å². The second kappa shape index (κ2) is 5.10. The molecule has 0 aromatic heterocycles. The lowest BCUT2D eigenvalue weighted by molar-refractivity contribution is -0.128. The van der Waals surface area contributed by atoms with Crippen molar-refractivity contribution in [2.75, 3.05) is 6.61 Å². The number of hydrogen-bond acceptors (Lipinski definition) is 3. The molecule has 4 atom stereocenters. The first kappa shape index (κ1) is 12.5. The Kier molecular flexibility index (Phi) is 3.74. The van der Waals surface area contributed by atoms with Crippen LogP contribution in [-0.4, -0.2) is 35.5 Å². The molecule has 0 aromatic carbocycles. The normalized spacial score (nSPS) is 38.1. The molecule has 1 saturated heterocycles. The smallest absolute Gasteiger partial charge is 0.252 e. The minimum absolute atomic E-state index is 0.0317. The molecule has 0 bridgehead atoms. The summed E-state index contributed by atoms with van der Waals surface area (Å²) >= 11 is 0. The van der Waals surface area contributed by atoms with Gasteiger partial charge in [0.1, 0.15) is 0 Å². The van der Waals surface area contributed by atoms with E-state index in [9.17, 15) is 4.79 Å². The van der Waals surface area contributed by atoms with Crippen molar-refractivity contribution in [1.82, 2.24) is 0 Å². The highest BCUT2D eigenvalue weighted by Gasteiger charge is 2.38. The molecular weight excluding hydrogens is 218 g/mol. The maximum Gasteiger partial charge on any atom is 0.252 e. The third-order valence-corrected chi connectivity index (χ3v) is 3.52. The lowest BCUT2D eigenvalue weighted by atomic mass is 9.87. The largest absolute Gasteiger partial charge is 0.394 e. The Morgan fingerprint density at radius 3 is 2.94 bits per heavy atom. The van der Waals surface area contributed by atoms with Gasteiger partial charge in [0.05, 0.1) is 24.7 Å². The Bertz CT molecular complexity index is 362. The molecule has 1 N–H and O–H groups in total. The zero-order valence-electron chi connectivity index (χ0n) is 10.3. The average Bonchev–Trinajstić information content (AvgIpc) is 2.70. The summed E-state index contributed by atoms with van der Waals surface area (Å²) in [6.07, 6.45) is 5.34. The summed E-state index contributed by atoms with van der Waals surface area (Å²) in [5, 5.41) is 9.06. The van der Waals surface area contributed by atoms with E-state index in [0.717, 1.165) is 18.6 Å². The van der Waals surface area contributed by atoms with Crippen molar-refractivity contribution in [3.63, 3.8) is 0 Å². The number of carbonyl (C=O) groups is 1. The molecule has 0 aliphatic carbocycles. The van der Waals surface area contributed by atoms with Gasteiger partial charge in [0, 0.05) is 5.71 Å². The molecule has 0 radical (unpaired) electrons. The van der Waals surface area contributed by atoms with Gasteiger partial charge in [-0.05, 0) is 31.8 Å². The van der Waals surface area contributed by atoms with E-state index in [0.29, 0.717) is 0 Å². The molecule has 2 rings (SSSR count). The zero-order chi connectivity index (χ0) is 12.4. The van der Waals surface area contributed by atoms with Crippen LogP contribution in [0.15, 0.2) is 17.1 Å². The molecule has 94 valence electrons. The van der Waals surface area contributed by atoms with Crippen molar-refractivity contribution in [1.29, 1.82) is 0 Å².